The van der Waals surface area contributed by atoms with Gasteiger partial charge in [-0.3, -0.25) is 4.79 Å². The van der Waals surface area contributed by atoms with E-state index in [1.54, 1.807) is 6.92 Å². The third-order valence-corrected chi connectivity index (χ3v) is 5.27. The molecule has 0 bridgehead atoms. The normalized spacial score (nSPS) is 20.3. The number of thiazole rings is 1. The quantitative estimate of drug-likeness (QED) is 0.922. The molecule has 1 fully saturated rings. The minimum absolute atomic E-state index is 0.104. The Morgan fingerprint density at radius 2 is 2.08 bits per heavy atom. The van der Waals surface area contributed by atoms with Crippen LogP contribution in [0.3, 0.4) is 0 Å². The zero-order valence-electron chi connectivity index (χ0n) is 13.2. The Kier molecular flexibility index (Phi) is 4.36. The molecule has 1 aromatic heterocycles. The summed E-state index contributed by atoms with van der Waals surface area (Å²) in [4.78, 5) is 29.7. The minimum atomic E-state index is -2.35. The lowest BCUT2D eigenvalue weighted by molar-refractivity contribution is -0.149. The van der Waals surface area contributed by atoms with Gasteiger partial charge in [0.05, 0.1) is 17.2 Å². The number of alkyl halides is 1. The first-order chi connectivity index (χ1) is 11.4. The number of carboxylic acids is 1. The van der Waals surface area contributed by atoms with E-state index >= 15 is 0 Å². The largest absolute Gasteiger partial charge is 0.479 e. The lowest BCUT2D eigenvalue weighted by atomic mass is 10.1. The molecule has 0 aliphatic carbocycles. The first kappa shape index (κ1) is 16.6. The van der Waals surface area contributed by atoms with Gasteiger partial charge >= 0.3 is 5.97 Å². The molecule has 1 aromatic carbocycles. The highest BCUT2D eigenvalue weighted by Gasteiger charge is 2.47. The molecule has 5 nitrogen and oxygen atoms in total. The molecule has 1 unspecified atom stereocenters. The van der Waals surface area contributed by atoms with Crippen molar-refractivity contribution in [2.24, 2.45) is 0 Å². The van der Waals surface area contributed by atoms with E-state index in [2.05, 4.69) is 4.98 Å². The standard InChI is InChI=1S/C17H17FN2O3S/c1-11-14(15(21)20-8-7-17(18,10-20)16(22)23)24-13(19-11)9-12-5-3-2-4-6-12/h2-6H,7-10H2,1H3,(H,22,23). The summed E-state index contributed by atoms with van der Waals surface area (Å²) in [5, 5.41) is 9.75. The average Bonchev–Trinajstić information content (AvgIpc) is 3.12. The fourth-order valence-corrected chi connectivity index (χ4v) is 3.83. The van der Waals surface area contributed by atoms with Gasteiger partial charge < -0.3 is 10.0 Å². The van der Waals surface area contributed by atoms with Crippen molar-refractivity contribution in [3.05, 3.63) is 51.5 Å². The van der Waals surface area contributed by atoms with E-state index in [0.717, 1.165) is 10.6 Å². The highest BCUT2D eigenvalue weighted by Crippen LogP contribution is 2.29. The topological polar surface area (TPSA) is 70.5 Å². The maximum absolute atomic E-state index is 14.1. The Hall–Kier alpha value is -2.28. The van der Waals surface area contributed by atoms with Crippen molar-refractivity contribution in [3.8, 4) is 0 Å². The van der Waals surface area contributed by atoms with E-state index in [0.29, 0.717) is 17.0 Å². The third kappa shape index (κ3) is 3.17. The Bertz CT molecular complexity index is 777. The van der Waals surface area contributed by atoms with E-state index in [-0.39, 0.29) is 18.9 Å². The van der Waals surface area contributed by atoms with Gasteiger partial charge in [-0.1, -0.05) is 30.3 Å². The van der Waals surface area contributed by atoms with E-state index in [1.165, 1.54) is 16.2 Å². The van der Waals surface area contributed by atoms with Crippen molar-refractivity contribution >= 4 is 23.2 Å². The first-order valence-electron chi connectivity index (χ1n) is 7.61. The first-order valence-corrected chi connectivity index (χ1v) is 8.42. The maximum Gasteiger partial charge on any atom is 0.343 e. The number of aryl methyl sites for hydroxylation is 1. The average molecular weight is 348 g/mol. The van der Waals surface area contributed by atoms with E-state index in [4.69, 9.17) is 5.11 Å². The van der Waals surface area contributed by atoms with Crippen LogP contribution in [0.1, 0.15) is 32.4 Å². The molecule has 1 amide bonds. The second-order valence-corrected chi connectivity index (χ2v) is 7.02. The van der Waals surface area contributed by atoms with Crippen LogP contribution in [0.25, 0.3) is 0 Å². The van der Waals surface area contributed by atoms with Gasteiger partial charge in [-0.25, -0.2) is 14.2 Å². The number of rotatable bonds is 4. The van der Waals surface area contributed by atoms with Crippen LogP contribution in [-0.2, 0) is 11.2 Å². The zero-order valence-corrected chi connectivity index (χ0v) is 14.0. The monoisotopic (exact) mass is 348 g/mol. The van der Waals surface area contributed by atoms with Gasteiger partial charge in [0.2, 0.25) is 5.67 Å². The second-order valence-electron chi connectivity index (χ2n) is 5.93. The molecular weight excluding hydrogens is 331 g/mol. The van der Waals surface area contributed by atoms with Gasteiger partial charge in [0.15, 0.2) is 0 Å². The van der Waals surface area contributed by atoms with E-state index in [1.807, 2.05) is 30.3 Å². The molecule has 2 aromatic rings. The summed E-state index contributed by atoms with van der Waals surface area (Å²) in [6, 6.07) is 9.80. The molecule has 2 heterocycles. The minimum Gasteiger partial charge on any atom is -0.479 e. The number of aliphatic carboxylic acids is 1. The fourth-order valence-electron chi connectivity index (χ4n) is 2.76. The fraction of sp³-hybridized carbons (Fsp3) is 0.353. The van der Waals surface area contributed by atoms with Crippen LogP contribution in [-0.4, -0.2) is 45.6 Å². The number of likely N-dealkylation sites (tertiary alicyclic amines) is 1. The van der Waals surface area contributed by atoms with Crippen LogP contribution in [0.2, 0.25) is 0 Å². The maximum atomic E-state index is 14.1. The predicted octanol–water partition coefficient (Wildman–Crippen LogP) is 2.68. The molecule has 126 valence electrons. The smallest absolute Gasteiger partial charge is 0.343 e. The van der Waals surface area contributed by atoms with Crippen molar-refractivity contribution in [2.45, 2.75) is 25.4 Å². The van der Waals surface area contributed by atoms with Gasteiger partial charge in [0.1, 0.15) is 4.88 Å². The van der Waals surface area contributed by atoms with Crippen molar-refractivity contribution in [3.63, 3.8) is 0 Å². The van der Waals surface area contributed by atoms with Gasteiger partial charge in [0, 0.05) is 19.4 Å². The molecule has 1 aliphatic heterocycles. The van der Waals surface area contributed by atoms with Crippen LogP contribution < -0.4 is 0 Å². The molecule has 24 heavy (non-hydrogen) atoms. The molecule has 1 atom stereocenters. The number of aromatic nitrogens is 1. The van der Waals surface area contributed by atoms with Crippen LogP contribution in [0.15, 0.2) is 30.3 Å². The van der Waals surface area contributed by atoms with Crippen molar-refractivity contribution in [1.82, 2.24) is 9.88 Å². The summed E-state index contributed by atoms with van der Waals surface area (Å²) in [5.74, 6) is -1.85. The van der Waals surface area contributed by atoms with Crippen molar-refractivity contribution < 1.29 is 19.1 Å². The third-order valence-electron chi connectivity index (χ3n) is 4.12. The summed E-state index contributed by atoms with van der Waals surface area (Å²) in [5.41, 5.74) is -0.649. The second kappa shape index (κ2) is 6.32. The molecule has 0 radical (unpaired) electrons. The lowest BCUT2D eigenvalue weighted by Gasteiger charge is -2.17. The lowest BCUT2D eigenvalue weighted by Crippen LogP contribution is -2.38. The van der Waals surface area contributed by atoms with E-state index in [9.17, 15) is 14.0 Å². The number of hydrogen-bond donors (Lipinski definition) is 1. The molecule has 0 spiro atoms. The van der Waals surface area contributed by atoms with Crippen LogP contribution in [0.5, 0.6) is 0 Å². The molecule has 1 aliphatic rings. The summed E-state index contributed by atoms with van der Waals surface area (Å²) in [6.45, 7) is 1.44. The van der Waals surface area contributed by atoms with Crippen molar-refractivity contribution in [1.29, 1.82) is 0 Å². The van der Waals surface area contributed by atoms with Crippen molar-refractivity contribution in [2.75, 3.05) is 13.1 Å². The van der Waals surface area contributed by atoms with E-state index < -0.39 is 18.2 Å². The van der Waals surface area contributed by atoms with Crippen LogP contribution in [0, 0.1) is 6.92 Å². The Balaban J connectivity index is 1.76. The number of nitrogens with zero attached hydrogens (tertiary/aromatic N) is 2. The Morgan fingerprint density at radius 3 is 2.71 bits per heavy atom. The molecule has 0 saturated carbocycles. The molecule has 3 rings (SSSR count). The number of halogens is 1. The number of benzene rings is 1. The van der Waals surface area contributed by atoms with Crippen LogP contribution in [0.4, 0.5) is 4.39 Å². The molecule has 7 heteroatoms. The number of carbonyl (C=O) groups excluding carboxylic acids is 1. The summed E-state index contributed by atoms with van der Waals surface area (Å²) >= 11 is 1.29. The number of amides is 1. The number of carbonyl (C=O) groups is 2. The molecule has 1 N–H and O–H groups in total. The summed E-state index contributed by atoms with van der Waals surface area (Å²) in [6.07, 6.45) is 0.449. The molecule has 1 saturated heterocycles. The predicted molar refractivity (Wildman–Crippen MR) is 88.1 cm³/mol. The van der Waals surface area contributed by atoms with Gasteiger partial charge in [-0.2, -0.15) is 0 Å². The zero-order chi connectivity index (χ0) is 17.3. The Morgan fingerprint density at radius 1 is 1.38 bits per heavy atom. The van der Waals surface area contributed by atoms with Gasteiger partial charge in [0.25, 0.3) is 5.91 Å². The van der Waals surface area contributed by atoms with Gasteiger partial charge in [-0.05, 0) is 12.5 Å². The summed E-state index contributed by atoms with van der Waals surface area (Å²) in [7, 11) is 0. The number of hydrogen-bond acceptors (Lipinski definition) is 4. The number of carboxylic acid groups (broad SMARTS) is 1. The summed E-state index contributed by atoms with van der Waals surface area (Å²) < 4.78 is 14.1. The Labute approximate surface area is 142 Å². The van der Waals surface area contributed by atoms with Gasteiger partial charge in [-0.15, -0.1) is 11.3 Å². The molecular formula is C17H17FN2O3S. The highest BCUT2D eigenvalue weighted by molar-refractivity contribution is 7.13. The highest BCUT2D eigenvalue weighted by atomic mass is 32.1. The SMILES string of the molecule is Cc1nc(Cc2ccccc2)sc1C(=O)N1CCC(F)(C(=O)O)C1. The van der Waals surface area contributed by atoms with Crippen LogP contribution >= 0.6 is 11.3 Å².